The van der Waals surface area contributed by atoms with Crippen molar-refractivity contribution in [1.82, 2.24) is 4.90 Å². The first-order valence-electron chi connectivity index (χ1n) is 8.98. The summed E-state index contributed by atoms with van der Waals surface area (Å²) in [5.41, 5.74) is 0.300. The standard InChI is InChI=1S/C21H26N2O5/c1-15(28-19-12-11-17(27-5)13-18(19)23(25)26)20(24)22(21(2,3)4)14-16-9-7-6-8-10-16/h6-13,15H,14H2,1-5H3/t15-/m1/s1. The molecule has 0 aliphatic heterocycles. The number of carbonyl (C=O) groups excluding carboxylic acids is 1. The second kappa shape index (κ2) is 8.73. The highest BCUT2D eigenvalue weighted by atomic mass is 16.6. The highest BCUT2D eigenvalue weighted by molar-refractivity contribution is 5.81. The Balaban J connectivity index is 2.25. The molecule has 0 unspecified atom stereocenters. The molecule has 0 aliphatic carbocycles. The van der Waals surface area contributed by atoms with Gasteiger partial charge in [-0.1, -0.05) is 30.3 Å². The Labute approximate surface area is 165 Å². The first-order chi connectivity index (χ1) is 13.1. The fraction of sp³-hybridized carbons (Fsp3) is 0.381. The predicted octanol–water partition coefficient (Wildman–Crippen LogP) is 4.20. The van der Waals surface area contributed by atoms with Crippen LogP contribution in [0.5, 0.6) is 11.5 Å². The summed E-state index contributed by atoms with van der Waals surface area (Å²) in [4.78, 5) is 25.6. The summed E-state index contributed by atoms with van der Waals surface area (Å²) in [7, 11) is 1.43. The van der Waals surface area contributed by atoms with Gasteiger partial charge in [-0.25, -0.2) is 0 Å². The van der Waals surface area contributed by atoms with Crippen LogP contribution in [0.3, 0.4) is 0 Å². The predicted molar refractivity (Wildman–Crippen MR) is 106 cm³/mol. The van der Waals surface area contributed by atoms with E-state index in [1.165, 1.54) is 19.2 Å². The van der Waals surface area contributed by atoms with E-state index in [0.29, 0.717) is 12.3 Å². The average Bonchev–Trinajstić information content (AvgIpc) is 2.65. The van der Waals surface area contributed by atoms with E-state index in [0.717, 1.165) is 5.56 Å². The Kier molecular flexibility index (Phi) is 6.62. The molecule has 0 spiro atoms. The molecule has 0 bridgehead atoms. The Bertz CT molecular complexity index is 830. The van der Waals surface area contributed by atoms with E-state index in [1.54, 1.807) is 17.9 Å². The minimum absolute atomic E-state index is 0.0280. The summed E-state index contributed by atoms with van der Waals surface area (Å²) in [6.07, 6.45) is -0.893. The maximum absolute atomic E-state index is 13.1. The molecule has 7 nitrogen and oxygen atoms in total. The van der Waals surface area contributed by atoms with Crippen molar-refractivity contribution in [2.75, 3.05) is 7.11 Å². The molecular formula is C21H26N2O5. The van der Waals surface area contributed by atoms with Crippen LogP contribution in [0, 0.1) is 10.1 Å². The van der Waals surface area contributed by atoms with Crippen molar-refractivity contribution < 1.29 is 19.2 Å². The Hall–Kier alpha value is -3.09. The smallest absolute Gasteiger partial charge is 0.314 e. The molecule has 28 heavy (non-hydrogen) atoms. The number of nitro benzene ring substituents is 1. The average molecular weight is 386 g/mol. The van der Waals surface area contributed by atoms with Gasteiger partial charge in [-0.3, -0.25) is 14.9 Å². The van der Waals surface area contributed by atoms with Gasteiger partial charge in [0.25, 0.3) is 5.91 Å². The van der Waals surface area contributed by atoms with Gasteiger partial charge in [0, 0.05) is 12.1 Å². The summed E-state index contributed by atoms with van der Waals surface area (Å²) in [5, 5.41) is 11.4. The van der Waals surface area contributed by atoms with Gasteiger partial charge in [0.2, 0.25) is 0 Å². The first kappa shape index (κ1) is 21.2. The number of amides is 1. The SMILES string of the molecule is COc1ccc(O[C@H](C)C(=O)N(Cc2ccccc2)C(C)(C)C)c([N+](=O)[O-])c1. The van der Waals surface area contributed by atoms with E-state index in [2.05, 4.69) is 0 Å². The van der Waals surface area contributed by atoms with Crippen molar-refractivity contribution in [3.8, 4) is 11.5 Å². The molecule has 2 aromatic rings. The van der Waals surface area contributed by atoms with Crippen molar-refractivity contribution in [1.29, 1.82) is 0 Å². The number of methoxy groups -OCH3 is 1. The van der Waals surface area contributed by atoms with Crippen LogP contribution < -0.4 is 9.47 Å². The number of hydrogen-bond donors (Lipinski definition) is 0. The second-order valence-electron chi connectivity index (χ2n) is 7.43. The summed E-state index contributed by atoms with van der Waals surface area (Å²) >= 11 is 0. The zero-order valence-electron chi connectivity index (χ0n) is 16.8. The third kappa shape index (κ3) is 5.22. The number of carbonyl (C=O) groups is 1. The molecule has 0 aliphatic rings. The number of hydrogen-bond acceptors (Lipinski definition) is 5. The minimum atomic E-state index is -0.893. The summed E-state index contributed by atoms with van der Waals surface area (Å²) in [6.45, 7) is 7.84. The van der Waals surface area contributed by atoms with Crippen LogP contribution in [0.15, 0.2) is 48.5 Å². The zero-order chi connectivity index (χ0) is 20.9. The third-order valence-electron chi connectivity index (χ3n) is 4.27. The van der Waals surface area contributed by atoms with E-state index < -0.39 is 16.6 Å². The van der Waals surface area contributed by atoms with Crippen LogP contribution in [-0.4, -0.2) is 34.5 Å². The van der Waals surface area contributed by atoms with Crippen molar-refractivity contribution in [3.05, 3.63) is 64.2 Å². The van der Waals surface area contributed by atoms with Gasteiger partial charge in [-0.15, -0.1) is 0 Å². The van der Waals surface area contributed by atoms with Gasteiger partial charge in [-0.2, -0.15) is 0 Å². The van der Waals surface area contributed by atoms with Gasteiger partial charge in [0.1, 0.15) is 5.75 Å². The number of nitro groups is 1. The van der Waals surface area contributed by atoms with Gasteiger partial charge in [0.15, 0.2) is 11.9 Å². The van der Waals surface area contributed by atoms with Crippen LogP contribution in [0.2, 0.25) is 0 Å². The van der Waals surface area contributed by atoms with Crippen molar-refractivity contribution in [2.45, 2.75) is 45.9 Å². The number of benzene rings is 2. The van der Waals surface area contributed by atoms with Gasteiger partial charge >= 0.3 is 5.69 Å². The molecule has 0 heterocycles. The Morgan fingerprint density at radius 3 is 2.36 bits per heavy atom. The lowest BCUT2D eigenvalue weighted by atomic mass is 10.0. The molecule has 150 valence electrons. The molecule has 0 fully saturated rings. The molecule has 0 radical (unpaired) electrons. The minimum Gasteiger partial charge on any atom is -0.496 e. The molecule has 2 rings (SSSR count). The van der Waals surface area contributed by atoms with Crippen molar-refractivity contribution in [2.24, 2.45) is 0 Å². The Morgan fingerprint density at radius 2 is 1.82 bits per heavy atom. The third-order valence-corrected chi connectivity index (χ3v) is 4.27. The van der Waals surface area contributed by atoms with E-state index in [1.807, 2.05) is 51.1 Å². The summed E-state index contributed by atoms with van der Waals surface area (Å²) in [6, 6.07) is 13.9. The van der Waals surface area contributed by atoms with Gasteiger partial charge in [-0.05, 0) is 45.4 Å². The highest BCUT2D eigenvalue weighted by Crippen LogP contribution is 2.32. The monoisotopic (exact) mass is 386 g/mol. The molecule has 1 amide bonds. The van der Waals surface area contributed by atoms with Gasteiger partial charge < -0.3 is 14.4 Å². The lowest BCUT2D eigenvalue weighted by molar-refractivity contribution is -0.386. The largest absolute Gasteiger partial charge is 0.496 e. The lowest BCUT2D eigenvalue weighted by Gasteiger charge is -2.37. The molecule has 0 N–H and O–H groups in total. The second-order valence-corrected chi connectivity index (χ2v) is 7.43. The fourth-order valence-corrected chi connectivity index (χ4v) is 2.74. The quantitative estimate of drug-likeness (QED) is 0.526. The van der Waals surface area contributed by atoms with Gasteiger partial charge in [0.05, 0.1) is 18.1 Å². The molecule has 0 saturated heterocycles. The topological polar surface area (TPSA) is 81.9 Å². The zero-order valence-corrected chi connectivity index (χ0v) is 16.8. The molecule has 0 aromatic heterocycles. The molecule has 7 heteroatoms. The number of nitrogens with zero attached hydrogens (tertiary/aromatic N) is 2. The maximum Gasteiger partial charge on any atom is 0.314 e. The fourth-order valence-electron chi connectivity index (χ4n) is 2.74. The van der Waals surface area contributed by atoms with E-state index in [-0.39, 0.29) is 17.3 Å². The van der Waals surface area contributed by atoms with E-state index in [9.17, 15) is 14.9 Å². The summed E-state index contributed by atoms with van der Waals surface area (Å²) in [5.74, 6) is 0.125. The normalized spacial score (nSPS) is 12.2. The summed E-state index contributed by atoms with van der Waals surface area (Å²) < 4.78 is 10.7. The highest BCUT2D eigenvalue weighted by Gasteiger charge is 2.32. The molecule has 1 atom stereocenters. The maximum atomic E-state index is 13.1. The van der Waals surface area contributed by atoms with Crippen LogP contribution in [0.25, 0.3) is 0 Å². The van der Waals surface area contributed by atoms with Crippen LogP contribution in [0.4, 0.5) is 5.69 Å². The van der Waals surface area contributed by atoms with Crippen LogP contribution >= 0.6 is 0 Å². The number of ether oxygens (including phenoxy) is 2. The van der Waals surface area contributed by atoms with Crippen LogP contribution in [0.1, 0.15) is 33.3 Å². The molecular weight excluding hydrogens is 360 g/mol. The van der Waals surface area contributed by atoms with E-state index in [4.69, 9.17) is 9.47 Å². The van der Waals surface area contributed by atoms with Crippen molar-refractivity contribution >= 4 is 11.6 Å². The number of rotatable bonds is 7. The molecule has 2 aromatic carbocycles. The Morgan fingerprint density at radius 1 is 1.18 bits per heavy atom. The molecule has 0 saturated carbocycles. The lowest BCUT2D eigenvalue weighted by Crippen LogP contribution is -2.50. The van der Waals surface area contributed by atoms with Crippen LogP contribution in [-0.2, 0) is 11.3 Å². The van der Waals surface area contributed by atoms with E-state index >= 15 is 0 Å². The van der Waals surface area contributed by atoms with Crippen molar-refractivity contribution in [3.63, 3.8) is 0 Å². The first-order valence-corrected chi connectivity index (χ1v) is 8.98.